The van der Waals surface area contributed by atoms with Crippen molar-refractivity contribution in [2.75, 3.05) is 5.73 Å². The molecule has 1 heterocycles. The number of fused-ring (bicyclic) bond motifs is 1. The van der Waals surface area contributed by atoms with Crippen LogP contribution in [0.5, 0.6) is 11.5 Å². The number of nitrogens with zero attached hydrogens (tertiary/aromatic N) is 1. The van der Waals surface area contributed by atoms with E-state index in [0.29, 0.717) is 22.7 Å². The van der Waals surface area contributed by atoms with Crippen molar-refractivity contribution in [3.63, 3.8) is 0 Å². The number of anilines is 1. The van der Waals surface area contributed by atoms with E-state index in [1.807, 2.05) is 12.1 Å². The van der Waals surface area contributed by atoms with Crippen LogP contribution in [-0.4, -0.2) is 4.98 Å². The summed E-state index contributed by atoms with van der Waals surface area (Å²) in [6.07, 6.45) is 3.43. The second-order valence-corrected chi connectivity index (χ2v) is 4.59. The molecular weight excluding hydrogens is 255 g/mol. The predicted molar refractivity (Wildman–Crippen MR) is 77.4 cm³/mol. The van der Waals surface area contributed by atoms with Crippen LogP contribution in [0.25, 0.3) is 10.8 Å². The lowest BCUT2D eigenvalue weighted by Gasteiger charge is -2.11. The smallest absolute Gasteiger partial charge is 0.150 e. The first-order chi connectivity index (χ1) is 9.65. The first-order valence-electron chi connectivity index (χ1n) is 6.21. The van der Waals surface area contributed by atoms with Gasteiger partial charge in [-0.2, -0.15) is 0 Å². The lowest BCUT2D eigenvalue weighted by molar-refractivity contribution is 0.482. The molecule has 0 spiro atoms. The SMILES string of the molecule is Cc1cc(Oc2ccc3cnccc3c2N)ccc1F. The van der Waals surface area contributed by atoms with Crippen molar-refractivity contribution in [2.45, 2.75) is 6.92 Å². The Kier molecular flexibility index (Phi) is 2.99. The third-order valence-corrected chi connectivity index (χ3v) is 3.18. The Bertz CT molecular complexity index is 787. The molecule has 2 aromatic carbocycles. The summed E-state index contributed by atoms with van der Waals surface area (Å²) in [5.41, 5.74) is 7.19. The van der Waals surface area contributed by atoms with E-state index in [1.54, 1.807) is 37.5 Å². The summed E-state index contributed by atoms with van der Waals surface area (Å²) >= 11 is 0. The van der Waals surface area contributed by atoms with Crippen molar-refractivity contribution in [3.05, 3.63) is 60.2 Å². The molecule has 0 saturated carbocycles. The predicted octanol–water partition coefficient (Wildman–Crippen LogP) is 4.06. The van der Waals surface area contributed by atoms with Gasteiger partial charge in [-0.05, 0) is 48.9 Å². The van der Waals surface area contributed by atoms with Gasteiger partial charge in [-0.3, -0.25) is 4.98 Å². The molecule has 3 aromatic rings. The molecule has 0 aliphatic heterocycles. The Morgan fingerprint density at radius 2 is 2.00 bits per heavy atom. The molecule has 100 valence electrons. The van der Waals surface area contributed by atoms with E-state index >= 15 is 0 Å². The first-order valence-corrected chi connectivity index (χ1v) is 6.21. The van der Waals surface area contributed by atoms with Crippen molar-refractivity contribution >= 4 is 16.5 Å². The highest BCUT2D eigenvalue weighted by molar-refractivity contribution is 5.95. The summed E-state index contributed by atoms with van der Waals surface area (Å²) in [4.78, 5) is 4.05. The molecule has 3 rings (SSSR count). The number of hydrogen-bond acceptors (Lipinski definition) is 3. The van der Waals surface area contributed by atoms with Gasteiger partial charge in [0.15, 0.2) is 5.75 Å². The van der Waals surface area contributed by atoms with Crippen molar-refractivity contribution < 1.29 is 9.13 Å². The van der Waals surface area contributed by atoms with Gasteiger partial charge in [-0.15, -0.1) is 0 Å². The Labute approximate surface area is 115 Å². The van der Waals surface area contributed by atoms with Gasteiger partial charge in [0.2, 0.25) is 0 Å². The van der Waals surface area contributed by atoms with Crippen LogP contribution in [0.3, 0.4) is 0 Å². The number of aryl methyl sites for hydroxylation is 1. The molecule has 4 heteroatoms. The van der Waals surface area contributed by atoms with Gasteiger partial charge in [0, 0.05) is 23.2 Å². The number of pyridine rings is 1. The average molecular weight is 268 g/mol. The summed E-state index contributed by atoms with van der Waals surface area (Å²) in [6, 6.07) is 10.1. The standard InChI is InChI=1S/C16H13FN2O/c1-10-8-12(3-4-14(10)17)20-15-5-2-11-9-19-7-6-13(11)16(15)18/h2-9H,18H2,1H3. The highest BCUT2D eigenvalue weighted by Gasteiger charge is 2.07. The van der Waals surface area contributed by atoms with Crippen LogP contribution in [0.4, 0.5) is 10.1 Å². The summed E-state index contributed by atoms with van der Waals surface area (Å²) in [5.74, 6) is 0.855. The summed E-state index contributed by atoms with van der Waals surface area (Å²) in [6.45, 7) is 1.69. The van der Waals surface area contributed by atoms with Gasteiger partial charge < -0.3 is 10.5 Å². The Morgan fingerprint density at radius 1 is 1.15 bits per heavy atom. The van der Waals surface area contributed by atoms with Crippen molar-refractivity contribution in [1.82, 2.24) is 4.98 Å². The second-order valence-electron chi connectivity index (χ2n) is 4.59. The number of rotatable bonds is 2. The van der Waals surface area contributed by atoms with E-state index in [1.165, 1.54) is 6.07 Å². The molecule has 0 bridgehead atoms. The van der Waals surface area contributed by atoms with Crippen molar-refractivity contribution in [1.29, 1.82) is 0 Å². The molecule has 20 heavy (non-hydrogen) atoms. The number of nitrogen functional groups attached to an aromatic ring is 1. The first kappa shape index (κ1) is 12.4. The summed E-state index contributed by atoms with van der Waals surface area (Å²) in [5, 5.41) is 1.84. The van der Waals surface area contributed by atoms with E-state index in [0.717, 1.165) is 10.8 Å². The van der Waals surface area contributed by atoms with Crippen LogP contribution in [0.15, 0.2) is 48.8 Å². The Balaban J connectivity index is 2.02. The lowest BCUT2D eigenvalue weighted by Crippen LogP contribution is -1.94. The number of benzene rings is 2. The molecule has 0 aliphatic carbocycles. The van der Waals surface area contributed by atoms with Crippen LogP contribution in [0, 0.1) is 12.7 Å². The van der Waals surface area contributed by atoms with Gasteiger partial charge in [0.25, 0.3) is 0 Å². The van der Waals surface area contributed by atoms with E-state index in [-0.39, 0.29) is 5.82 Å². The minimum atomic E-state index is -0.255. The third-order valence-electron chi connectivity index (χ3n) is 3.18. The minimum absolute atomic E-state index is 0.255. The molecule has 0 saturated heterocycles. The maximum absolute atomic E-state index is 13.2. The second kappa shape index (κ2) is 4.81. The Hall–Kier alpha value is -2.62. The molecule has 0 aliphatic rings. The number of nitrogens with two attached hydrogens (primary N) is 1. The Morgan fingerprint density at radius 3 is 2.80 bits per heavy atom. The van der Waals surface area contributed by atoms with E-state index in [4.69, 9.17) is 10.5 Å². The van der Waals surface area contributed by atoms with E-state index in [9.17, 15) is 4.39 Å². The maximum Gasteiger partial charge on any atom is 0.150 e. The number of ether oxygens (including phenoxy) is 1. The molecular formula is C16H13FN2O. The van der Waals surface area contributed by atoms with Crippen LogP contribution in [-0.2, 0) is 0 Å². The van der Waals surface area contributed by atoms with Gasteiger partial charge >= 0.3 is 0 Å². The van der Waals surface area contributed by atoms with Crippen molar-refractivity contribution in [3.8, 4) is 11.5 Å². The quantitative estimate of drug-likeness (QED) is 0.713. The molecule has 0 fully saturated rings. The van der Waals surface area contributed by atoms with Crippen LogP contribution >= 0.6 is 0 Å². The van der Waals surface area contributed by atoms with Gasteiger partial charge in [0.1, 0.15) is 11.6 Å². The summed E-state index contributed by atoms with van der Waals surface area (Å²) in [7, 11) is 0. The molecule has 2 N–H and O–H groups in total. The van der Waals surface area contributed by atoms with Gasteiger partial charge in [-0.1, -0.05) is 0 Å². The van der Waals surface area contributed by atoms with Crippen molar-refractivity contribution in [2.24, 2.45) is 0 Å². The molecule has 1 aromatic heterocycles. The monoisotopic (exact) mass is 268 g/mol. The zero-order valence-electron chi connectivity index (χ0n) is 10.9. The van der Waals surface area contributed by atoms with Gasteiger partial charge in [-0.25, -0.2) is 4.39 Å². The molecule has 3 nitrogen and oxygen atoms in total. The third kappa shape index (κ3) is 2.16. The van der Waals surface area contributed by atoms with Gasteiger partial charge in [0.05, 0.1) is 5.69 Å². The molecule has 0 unspecified atom stereocenters. The molecule has 0 amide bonds. The minimum Gasteiger partial charge on any atom is -0.455 e. The van der Waals surface area contributed by atoms with E-state index < -0.39 is 0 Å². The number of aromatic nitrogens is 1. The van der Waals surface area contributed by atoms with Crippen LogP contribution in [0.2, 0.25) is 0 Å². The maximum atomic E-state index is 13.2. The highest BCUT2D eigenvalue weighted by Crippen LogP contribution is 2.33. The fraction of sp³-hybridized carbons (Fsp3) is 0.0625. The highest BCUT2D eigenvalue weighted by atomic mass is 19.1. The number of hydrogen-bond donors (Lipinski definition) is 1. The van der Waals surface area contributed by atoms with E-state index in [2.05, 4.69) is 4.98 Å². The average Bonchev–Trinajstić information content (AvgIpc) is 2.46. The molecule has 0 radical (unpaired) electrons. The number of halogens is 1. The largest absolute Gasteiger partial charge is 0.455 e. The van der Waals surface area contributed by atoms with Crippen LogP contribution < -0.4 is 10.5 Å². The van der Waals surface area contributed by atoms with Crippen LogP contribution in [0.1, 0.15) is 5.56 Å². The fourth-order valence-corrected chi connectivity index (χ4v) is 2.07. The zero-order chi connectivity index (χ0) is 14.1. The normalized spacial score (nSPS) is 10.7. The fourth-order valence-electron chi connectivity index (χ4n) is 2.07. The lowest BCUT2D eigenvalue weighted by atomic mass is 10.1. The zero-order valence-corrected chi connectivity index (χ0v) is 10.9. The molecule has 0 atom stereocenters. The summed E-state index contributed by atoms with van der Waals surface area (Å²) < 4.78 is 19.0. The topological polar surface area (TPSA) is 48.1 Å².